The Labute approximate surface area is 152 Å². The van der Waals surface area contributed by atoms with E-state index < -0.39 is 5.66 Å². The van der Waals surface area contributed by atoms with Gasteiger partial charge in [0.15, 0.2) is 5.66 Å². The van der Waals surface area contributed by atoms with Gasteiger partial charge in [0.1, 0.15) is 0 Å². The lowest BCUT2D eigenvalue weighted by Gasteiger charge is -2.51. The topological polar surface area (TPSA) is 49.4 Å². The average molecular weight is 344 g/mol. The third-order valence-corrected chi connectivity index (χ3v) is 5.97. The molecule has 2 aliphatic heterocycles. The van der Waals surface area contributed by atoms with Crippen molar-refractivity contribution in [2.24, 2.45) is 5.92 Å². The van der Waals surface area contributed by atoms with Gasteiger partial charge in [0, 0.05) is 16.7 Å². The molecule has 4 nitrogen and oxygen atoms in total. The van der Waals surface area contributed by atoms with Gasteiger partial charge in [-0.3, -0.25) is 9.59 Å². The van der Waals surface area contributed by atoms with E-state index in [9.17, 15) is 9.59 Å². The van der Waals surface area contributed by atoms with Crippen LogP contribution in [0.1, 0.15) is 39.9 Å². The normalized spacial score (nSPS) is 29.0. The zero-order valence-corrected chi connectivity index (χ0v) is 14.6. The molecule has 4 heteroatoms. The Morgan fingerprint density at radius 1 is 1.00 bits per heavy atom. The largest absolute Gasteiger partial charge is 0.325 e. The van der Waals surface area contributed by atoms with Crippen LogP contribution < -0.4 is 5.32 Å². The highest BCUT2D eigenvalue weighted by Crippen LogP contribution is 2.48. The molecule has 2 aromatic carbocycles. The molecule has 2 amide bonds. The smallest absolute Gasteiger partial charge is 0.256 e. The molecule has 1 aliphatic carbocycles. The van der Waals surface area contributed by atoms with Gasteiger partial charge in [-0.15, -0.1) is 0 Å². The lowest BCUT2D eigenvalue weighted by atomic mass is 9.79. The Hall–Kier alpha value is -2.88. The molecule has 1 saturated heterocycles. The molecule has 26 heavy (non-hydrogen) atoms. The minimum absolute atomic E-state index is 0.00600. The van der Waals surface area contributed by atoms with Crippen LogP contribution in [0, 0.1) is 12.8 Å². The second-order valence-corrected chi connectivity index (χ2v) is 7.40. The third kappa shape index (κ3) is 1.84. The van der Waals surface area contributed by atoms with Crippen molar-refractivity contribution in [2.45, 2.75) is 31.5 Å². The Balaban J connectivity index is 1.79. The van der Waals surface area contributed by atoms with Gasteiger partial charge in [0.25, 0.3) is 5.91 Å². The minimum Gasteiger partial charge on any atom is -0.325 e. The first kappa shape index (κ1) is 15.4. The summed E-state index contributed by atoms with van der Waals surface area (Å²) in [4.78, 5) is 28.4. The fourth-order valence-corrected chi connectivity index (χ4v) is 4.72. The summed E-state index contributed by atoms with van der Waals surface area (Å²) >= 11 is 0. The molecule has 0 saturated carbocycles. The number of amides is 2. The van der Waals surface area contributed by atoms with E-state index in [4.69, 9.17) is 0 Å². The van der Waals surface area contributed by atoms with Crippen molar-refractivity contribution in [3.63, 3.8) is 0 Å². The highest BCUT2D eigenvalue weighted by atomic mass is 16.2. The number of benzene rings is 2. The zero-order valence-electron chi connectivity index (χ0n) is 14.6. The van der Waals surface area contributed by atoms with Gasteiger partial charge in [-0.1, -0.05) is 60.2 Å². The molecule has 0 radical (unpaired) electrons. The molecule has 1 N–H and O–H groups in total. The molecule has 3 aliphatic rings. The predicted molar refractivity (Wildman–Crippen MR) is 98.4 cm³/mol. The number of carbonyl (C=O) groups is 2. The van der Waals surface area contributed by atoms with Gasteiger partial charge in [-0.2, -0.15) is 0 Å². The molecule has 0 unspecified atom stereocenters. The summed E-state index contributed by atoms with van der Waals surface area (Å²) in [5.41, 5.74) is 2.72. The van der Waals surface area contributed by atoms with Gasteiger partial charge < -0.3 is 10.2 Å². The summed E-state index contributed by atoms with van der Waals surface area (Å²) in [5.74, 6) is -0.149. The molecule has 2 aromatic rings. The van der Waals surface area contributed by atoms with Crippen LogP contribution in [0.25, 0.3) is 0 Å². The van der Waals surface area contributed by atoms with Crippen LogP contribution in [0.4, 0.5) is 0 Å². The number of allylic oxidation sites excluding steroid dienone is 1. The van der Waals surface area contributed by atoms with Crippen molar-refractivity contribution in [3.05, 3.63) is 82.9 Å². The van der Waals surface area contributed by atoms with E-state index >= 15 is 0 Å². The molecule has 0 bridgehead atoms. The Bertz CT molecular complexity index is 947. The number of nitrogens with zero attached hydrogens (tertiary/aromatic N) is 1. The maximum Gasteiger partial charge on any atom is 0.256 e. The first-order valence-corrected chi connectivity index (χ1v) is 9.10. The standard InChI is InChI=1S/C22H20N2O2/c1-14-10-12-15(13-11-14)22-18-8-4-2-6-16(18)21(26)24(22)19-9-5-3-7-17(19)20(25)23-22/h2-6,8,10-13,17,19H,7,9H2,1H3,(H,23,25)/t17-,19+,22-/m0/s1. The Morgan fingerprint density at radius 3 is 2.54 bits per heavy atom. The minimum atomic E-state index is -0.912. The van der Waals surface area contributed by atoms with Crippen molar-refractivity contribution in [3.8, 4) is 0 Å². The quantitative estimate of drug-likeness (QED) is 0.808. The van der Waals surface area contributed by atoms with Crippen molar-refractivity contribution >= 4 is 11.8 Å². The number of hydrogen-bond donors (Lipinski definition) is 1. The molecule has 130 valence electrons. The maximum absolute atomic E-state index is 13.4. The van der Waals surface area contributed by atoms with E-state index in [1.165, 1.54) is 0 Å². The van der Waals surface area contributed by atoms with Crippen molar-refractivity contribution in [1.82, 2.24) is 10.2 Å². The van der Waals surface area contributed by atoms with Crippen LogP contribution in [-0.2, 0) is 10.5 Å². The summed E-state index contributed by atoms with van der Waals surface area (Å²) in [6.07, 6.45) is 5.54. The number of rotatable bonds is 1. The van der Waals surface area contributed by atoms with E-state index in [2.05, 4.69) is 11.4 Å². The zero-order chi connectivity index (χ0) is 17.9. The summed E-state index contributed by atoms with van der Waals surface area (Å²) in [6.45, 7) is 2.04. The highest BCUT2D eigenvalue weighted by molar-refractivity contribution is 6.03. The number of aryl methyl sites for hydroxylation is 1. The second kappa shape index (κ2) is 5.31. The predicted octanol–water partition coefficient (Wildman–Crippen LogP) is 3.12. The molecule has 0 aromatic heterocycles. The molecule has 3 atom stereocenters. The highest BCUT2D eigenvalue weighted by Gasteiger charge is 2.59. The van der Waals surface area contributed by atoms with Crippen molar-refractivity contribution in [2.75, 3.05) is 0 Å². The van der Waals surface area contributed by atoms with E-state index in [0.717, 1.165) is 16.7 Å². The summed E-state index contributed by atoms with van der Waals surface area (Å²) in [7, 11) is 0. The summed E-state index contributed by atoms with van der Waals surface area (Å²) < 4.78 is 0. The van der Waals surface area contributed by atoms with Crippen LogP contribution in [-0.4, -0.2) is 22.8 Å². The Morgan fingerprint density at radius 2 is 1.73 bits per heavy atom. The lowest BCUT2D eigenvalue weighted by molar-refractivity contribution is -0.138. The first-order valence-electron chi connectivity index (χ1n) is 9.10. The van der Waals surface area contributed by atoms with Gasteiger partial charge in [0.2, 0.25) is 5.91 Å². The van der Waals surface area contributed by atoms with E-state index in [0.29, 0.717) is 18.4 Å². The SMILES string of the molecule is Cc1ccc([C@]23NC(=O)[C@H]4CC=CC[C@H]4N2C(=O)c2ccccc23)cc1. The van der Waals surface area contributed by atoms with Crippen LogP contribution in [0.15, 0.2) is 60.7 Å². The summed E-state index contributed by atoms with van der Waals surface area (Å²) in [5, 5.41) is 3.25. The lowest BCUT2D eigenvalue weighted by Crippen LogP contribution is -2.68. The number of fused-ring (bicyclic) bond motifs is 5. The van der Waals surface area contributed by atoms with Crippen LogP contribution >= 0.6 is 0 Å². The number of hydrogen-bond acceptors (Lipinski definition) is 2. The van der Waals surface area contributed by atoms with Crippen molar-refractivity contribution in [1.29, 1.82) is 0 Å². The molecular weight excluding hydrogens is 324 g/mol. The van der Waals surface area contributed by atoms with Gasteiger partial charge in [0.05, 0.1) is 12.0 Å². The molecule has 0 spiro atoms. The van der Waals surface area contributed by atoms with Crippen LogP contribution in [0.5, 0.6) is 0 Å². The molecular formula is C22H20N2O2. The monoisotopic (exact) mass is 344 g/mol. The van der Waals surface area contributed by atoms with E-state index in [-0.39, 0.29) is 23.8 Å². The number of carbonyl (C=O) groups excluding carboxylic acids is 2. The summed E-state index contributed by atoms with van der Waals surface area (Å²) in [6, 6.07) is 15.7. The van der Waals surface area contributed by atoms with E-state index in [1.807, 2.05) is 66.4 Å². The molecule has 1 fully saturated rings. The van der Waals surface area contributed by atoms with Crippen molar-refractivity contribution < 1.29 is 9.59 Å². The van der Waals surface area contributed by atoms with Gasteiger partial charge >= 0.3 is 0 Å². The Kier molecular flexibility index (Phi) is 3.14. The van der Waals surface area contributed by atoms with Gasteiger partial charge in [-0.25, -0.2) is 0 Å². The molecule has 5 rings (SSSR count). The fraction of sp³-hybridized carbons (Fsp3) is 0.273. The number of nitrogens with one attached hydrogen (secondary N) is 1. The third-order valence-electron chi connectivity index (χ3n) is 5.97. The maximum atomic E-state index is 13.4. The fourth-order valence-electron chi connectivity index (χ4n) is 4.72. The second-order valence-electron chi connectivity index (χ2n) is 7.40. The van der Waals surface area contributed by atoms with Crippen LogP contribution in [0.3, 0.4) is 0 Å². The van der Waals surface area contributed by atoms with Crippen LogP contribution in [0.2, 0.25) is 0 Å². The van der Waals surface area contributed by atoms with Gasteiger partial charge in [-0.05, 0) is 25.8 Å². The first-order chi connectivity index (χ1) is 12.6. The van der Waals surface area contributed by atoms with E-state index in [1.54, 1.807) is 0 Å². The average Bonchev–Trinajstić information content (AvgIpc) is 2.93. The molecule has 2 heterocycles.